The molecular formula is C48H31N3. The van der Waals surface area contributed by atoms with Crippen LogP contribution in [-0.2, 0) is 0 Å². The van der Waals surface area contributed by atoms with Crippen molar-refractivity contribution in [3.63, 3.8) is 0 Å². The molecule has 0 N–H and O–H groups in total. The van der Waals surface area contributed by atoms with Crippen LogP contribution in [0.15, 0.2) is 188 Å². The topological polar surface area (TPSA) is 14.8 Å². The van der Waals surface area contributed by atoms with Gasteiger partial charge in [0.2, 0.25) is 0 Å². The van der Waals surface area contributed by atoms with Crippen molar-refractivity contribution < 1.29 is 0 Å². The molecular weight excluding hydrogens is 619 g/mol. The highest BCUT2D eigenvalue weighted by Crippen LogP contribution is 2.47. The lowest BCUT2D eigenvalue weighted by Gasteiger charge is -2.16. The van der Waals surface area contributed by atoms with Crippen molar-refractivity contribution in [2.75, 3.05) is 0 Å². The van der Waals surface area contributed by atoms with Crippen molar-refractivity contribution >= 4 is 65.4 Å². The van der Waals surface area contributed by atoms with Crippen molar-refractivity contribution in [2.45, 2.75) is 0 Å². The fraction of sp³-hybridized carbons (Fsp3) is 0. The molecule has 238 valence electrons. The summed E-state index contributed by atoms with van der Waals surface area (Å²) in [5.41, 5.74) is 13.1. The van der Waals surface area contributed by atoms with E-state index in [2.05, 4.69) is 202 Å². The molecule has 0 aliphatic rings. The first kappa shape index (κ1) is 28.0. The molecule has 51 heavy (non-hydrogen) atoms. The third-order valence-electron chi connectivity index (χ3n) is 10.6. The zero-order valence-corrected chi connectivity index (χ0v) is 27.7. The Labute approximate surface area is 294 Å². The maximum Gasteiger partial charge on any atom is 0.0627 e. The maximum atomic E-state index is 2.47. The molecule has 0 saturated heterocycles. The lowest BCUT2D eigenvalue weighted by molar-refractivity contribution is 1.17. The van der Waals surface area contributed by atoms with Gasteiger partial charge in [0.25, 0.3) is 0 Å². The molecule has 0 fully saturated rings. The highest BCUT2D eigenvalue weighted by Gasteiger charge is 2.24. The van der Waals surface area contributed by atoms with Crippen LogP contribution in [-0.4, -0.2) is 13.7 Å². The first-order chi connectivity index (χ1) is 25.3. The van der Waals surface area contributed by atoms with Gasteiger partial charge in [-0.05, 0) is 72.3 Å². The number of rotatable bonds is 4. The van der Waals surface area contributed by atoms with Gasteiger partial charge in [-0.3, -0.25) is 0 Å². The maximum absolute atomic E-state index is 2.47. The lowest BCUT2D eigenvalue weighted by Crippen LogP contribution is -1.98. The van der Waals surface area contributed by atoms with E-state index in [-0.39, 0.29) is 0 Å². The highest BCUT2D eigenvalue weighted by molar-refractivity contribution is 6.27. The van der Waals surface area contributed by atoms with Crippen LogP contribution in [0.5, 0.6) is 0 Å². The van der Waals surface area contributed by atoms with Gasteiger partial charge in [-0.2, -0.15) is 0 Å². The minimum Gasteiger partial charge on any atom is -0.309 e. The van der Waals surface area contributed by atoms with E-state index in [1.165, 1.54) is 76.5 Å². The first-order valence-electron chi connectivity index (χ1n) is 17.5. The van der Waals surface area contributed by atoms with Gasteiger partial charge in [0.1, 0.15) is 0 Å². The van der Waals surface area contributed by atoms with Crippen molar-refractivity contribution in [1.29, 1.82) is 0 Å². The molecule has 3 heterocycles. The van der Waals surface area contributed by atoms with Gasteiger partial charge in [-0.1, -0.05) is 121 Å². The van der Waals surface area contributed by atoms with Gasteiger partial charge in [-0.15, -0.1) is 0 Å². The average Bonchev–Trinajstić information content (AvgIpc) is 3.83. The third-order valence-corrected chi connectivity index (χ3v) is 10.6. The van der Waals surface area contributed by atoms with Gasteiger partial charge in [-0.25, -0.2) is 0 Å². The molecule has 0 bridgehead atoms. The van der Waals surface area contributed by atoms with Crippen LogP contribution in [0.2, 0.25) is 0 Å². The summed E-state index contributed by atoms with van der Waals surface area (Å²) in [5.74, 6) is 0. The molecule has 0 aliphatic heterocycles. The van der Waals surface area contributed by atoms with E-state index in [1.807, 2.05) is 0 Å². The van der Waals surface area contributed by atoms with Crippen LogP contribution in [0.4, 0.5) is 0 Å². The molecule has 0 spiro atoms. The quantitative estimate of drug-likeness (QED) is 0.180. The van der Waals surface area contributed by atoms with Gasteiger partial charge in [0.15, 0.2) is 0 Å². The summed E-state index contributed by atoms with van der Waals surface area (Å²) in [6, 6.07) is 68.4. The van der Waals surface area contributed by atoms with Gasteiger partial charge < -0.3 is 13.7 Å². The molecule has 3 heteroatoms. The fourth-order valence-electron chi connectivity index (χ4n) is 8.55. The standard InChI is InChI=1S/C48H31N3/c1-3-17-33(18-4-1)49-44-29-14-10-25-39(44)47-45(49)31-40-38-24-9-13-28-43(38)51(34-19-5-2-6-20-34)48(40)46(47)32-16-15-21-35(30-32)50-41-26-11-7-22-36(41)37-23-8-12-27-42(37)50/h1-31H. The summed E-state index contributed by atoms with van der Waals surface area (Å²) in [4.78, 5) is 0. The monoisotopic (exact) mass is 649 g/mol. The average molecular weight is 650 g/mol. The van der Waals surface area contributed by atoms with Crippen LogP contribution in [0, 0.1) is 0 Å². The van der Waals surface area contributed by atoms with Gasteiger partial charge in [0.05, 0.1) is 33.1 Å². The zero-order valence-electron chi connectivity index (χ0n) is 27.7. The van der Waals surface area contributed by atoms with Crippen molar-refractivity contribution in [1.82, 2.24) is 13.7 Å². The summed E-state index contributed by atoms with van der Waals surface area (Å²) >= 11 is 0. The number of aromatic nitrogens is 3. The Kier molecular flexibility index (Phi) is 5.96. The second-order valence-corrected chi connectivity index (χ2v) is 13.3. The fourth-order valence-corrected chi connectivity index (χ4v) is 8.55. The van der Waals surface area contributed by atoms with Crippen molar-refractivity contribution in [2.24, 2.45) is 0 Å². The Morgan fingerprint density at radius 3 is 1.31 bits per heavy atom. The number of benzene rings is 8. The van der Waals surface area contributed by atoms with Crippen LogP contribution in [0.25, 0.3) is 93.6 Å². The largest absolute Gasteiger partial charge is 0.309 e. The minimum atomic E-state index is 1.14. The molecule has 0 saturated carbocycles. The zero-order chi connectivity index (χ0) is 33.5. The molecule has 0 aliphatic carbocycles. The Morgan fingerprint density at radius 2 is 0.706 bits per heavy atom. The molecule has 8 aromatic carbocycles. The number of hydrogen-bond acceptors (Lipinski definition) is 0. The number of fused-ring (bicyclic) bond motifs is 9. The predicted molar refractivity (Wildman–Crippen MR) is 215 cm³/mol. The summed E-state index contributed by atoms with van der Waals surface area (Å²) < 4.78 is 7.34. The highest BCUT2D eigenvalue weighted by atomic mass is 15.0. The molecule has 0 radical (unpaired) electrons. The number of nitrogens with zero attached hydrogens (tertiary/aromatic N) is 3. The molecule has 11 rings (SSSR count). The van der Waals surface area contributed by atoms with E-state index in [0.717, 1.165) is 17.1 Å². The molecule has 0 unspecified atom stereocenters. The molecule has 11 aromatic rings. The van der Waals surface area contributed by atoms with Gasteiger partial charge >= 0.3 is 0 Å². The normalized spacial score (nSPS) is 11.9. The van der Waals surface area contributed by atoms with Crippen LogP contribution >= 0.6 is 0 Å². The number of hydrogen-bond donors (Lipinski definition) is 0. The lowest BCUT2D eigenvalue weighted by atomic mass is 9.95. The van der Waals surface area contributed by atoms with E-state index in [0.29, 0.717) is 0 Å². The van der Waals surface area contributed by atoms with Crippen LogP contribution < -0.4 is 0 Å². The third kappa shape index (κ3) is 4.00. The van der Waals surface area contributed by atoms with E-state index in [1.54, 1.807) is 0 Å². The van der Waals surface area contributed by atoms with E-state index < -0.39 is 0 Å². The summed E-state index contributed by atoms with van der Waals surface area (Å²) in [5, 5.41) is 7.49. The molecule has 0 amide bonds. The first-order valence-corrected chi connectivity index (χ1v) is 17.5. The van der Waals surface area contributed by atoms with Crippen LogP contribution in [0.3, 0.4) is 0 Å². The van der Waals surface area contributed by atoms with Crippen molar-refractivity contribution in [3.05, 3.63) is 188 Å². The Hall–Kier alpha value is -6.84. The Balaban J connectivity index is 1.35. The van der Waals surface area contributed by atoms with Crippen molar-refractivity contribution in [3.8, 4) is 28.2 Å². The summed E-state index contributed by atoms with van der Waals surface area (Å²) in [6.45, 7) is 0. The second-order valence-electron chi connectivity index (χ2n) is 13.3. The summed E-state index contributed by atoms with van der Waals surface area (Å²) in [7, 11) is 0. The summed E-state index contributed by atoms with van der Waals surface area (Å²) in [6.07, 6.45) is 0. The van der Waals surface area contributed by atoms with Crippen LogP contribution in [0.1, 0.15) is 0 Å². The number of para-hydroxylation sites is 6. The smallest absolute Gasteiger partial charge is 0.0627 e. The minimum absolute atomic E-state index is 1.14. The van der Waals surface area contributed by atoms with E-state index in [9.17, 15) is 0 Å². The SMILES string of the molecule is c1ccc(-n2c3ccccc3c3c(-c4cccc(-n5c6ccccc6c6ccccc65)c4)c4c(cc32)c2ccccc2n4-c2ccccc2)cc1. The predicted octanol–water partition coefficient (Wildman–Crippen LogP) is 12.6. The molecule has 3 nitrogen and oxygen atoms in total. The Morgan fingerprint density at radius 1 is 0.275 bits per heavy atom. The van der Waals surface area contributed by atoms with E-state index >= 15 is 0 Å². The second kappa shape index (κ2) is 10.8. The molecule has 3 aromatic heterocycles. The van der Waals surface area contributed by atoms with Gasteiger partial charge in [0, 0.05) is 54.9 Å². The molecule has 0 atom stereocenters. The van der Waals surface area contributed by atoms with E-state index in [4.69, 9.17) is 0 Å². The Bertz CT molecular complexity index is 3060.